The van der Waals surface area contributed by atoms with Crippen molar-refractivity contribution in [3.05, 3.63) is 45.6 Å². The molecule has 0 aliphatic heterocycles. The number of anilines is 1. The lowest BCUT2D eigenvalue weighted by Crippen LogP contribution is -2.29. The normalized spacial score (nSPS) is 14.3. The maximum atomic E-state index is 12.3. The molecule has 3 rings (SSSR count). The van der Waals surface area contributed by atoms with E-state index in [0.29, 0.717) is 16.3 Å². The number of thiophene rings is 1. The number of amides is 1. The van der Waals surface area contributed by atoms with Gasteiger partial charge in [0, 0.05) is 16.6 Å². The van der Waals surface area contributed by atoms with Crippen LogP contribution in [0.4, 0.5) is 5.69 Å². The zero-order valence-corrected chi connectivity index (χ0v) is 15.2. The first-order valence-corrected chi connectivity index (χ1v) is 9.16. The van der Waals surface area contributed by atoms with E-state index in [1.54, 1.807) is 38.3 Å². The maximum Gasteiger partial charge on any atom is 0.349 e. The Morgan fingerprint density at radius 2 is 2.00 bits per heavy atom. The molecule has 1 aromatic carbocycles. The summed E-state index contributed by atoms with van der Waals surface area (Å²) in [5, 5.41) is 2.73. The van der Waals surface area contributed by atoms with E-state index in [9.17, 15) is 9.59 Å². The van der Waals surface area contributed by atoms with Crippen LogP contribution in [0.1, 0.15) is 39.9 Å². The summed E-state index contributed by atoms with van der Waals surface area (Å²) >= 11 is 1.48. The number of aryl methyl sites for hydroxylation is 2. The molecule has 1 amide bonds. The highest BCUT2D eigenvalue weighted by atomic mass is 32.1. The highest BCUT2D eigenvalue weighted by Crippen LogP contribution is 2.30. The molecule has 0 fully saturated rings. The Morgan fingerprint density at radius 3 is 2.76 bits per heavy atom. The predicted octanol–water partition coefficient (Wildman–Crippen LogP) is 3.82. The number of fused-ring (bicyclic) bond motifs is 1. The molecule has 0 spiro atoms. The lowest BCUT2D eigenvalue weighted by molar-refractivity contribution is -0.123. The van der Waals surface area contributed by atoms with Gasteiger partial charge in [-0.15, -0.1) is 11.3 Å². The molecule has 1 atom stereocenters. The number of hydrogen-bond acceptors (Lipinski definition) is 5. The van der Waals surface area contributed by atoms with Crippen molar-refractivity contribution in [2.45, 2.75) is 38.7 Å². The van der Waals surface area contributed by atoms with Crippen LogP contribution < -0.4 is 10.1 Å². The highest BCUT2D eigenvalue weighted by molar-refractivity contribution is 7.14. The molecular weight excluding hydrogens is 338 g/mol. The van der Waals surface area contributed by atoms with E-state index in [2.05, 4.69) is 5.32 Å². The Morgan fingerprint density at radius 1 is 1.20 bits per heavy atom. The second-order valence-corrected chi connectivity index (χ2v) is 7.17. The molecule has 1 aliphatic carbocycles. The Kier molecular flexibility index (Phi) is 5.38. The van der Waals surface area contributed by atoms with Crippen LogP contribution in [0.25, 0.3) is 0 Å². The fourth-order valence-corrected chi connectivity index (χ4v) is 3.94. The van der Waals surface area contributed by atoms with E-state index in [0.717, 1.165) is 19.3 Å². The summed E-state index contributed by atoms with van der Waals surface area (Å²) in [6.45, 7) is 1.57. The first-order valence-electron chi connectivity index (χ1n) is 8.34. The van der Waals surface area contributed by atoms with E-state index >= 15 is 0 Å². The van der Waals surface area contributed by atoms with Crippen LogP contribution in [0.2, 0.25) is 0 Å². The van der Waals surface area contributed by atoms with Crippen LogP contribution in [0.15, 0.2) is 30.3 Å². The summed E-state index contributed by atoms with van der Waals surface area (Å²) in [5.41, 5.74) is 1.84. The van der Waals surface area contributed by atoms with Crippen molar-refractivity contribution in [2.24, 2.45) is 0 Å². The largest absolute Gasteiger partial charge is 0.497 e. The van der Waals surface area contributed by atoms with Gasteiger partial charge in [0.25, 0.3) is 5.91 Å². The van der Waals surface area contributed by atoms with Crippen molar-refractivity contribution >= 4 is 28.9 Å². The predicted molar refractivity (Wildman–Crippen MR) is 97.5 cm³/mol. The van der Waals surface area contributed by atoms with Crippen molar-refractivity contribution < 1.29 is 19.1 Å². The molecule has 6 heteroatoms. The van der Waals surface area contributed by atoms with Crippen LogP contribution in [0.5, 0.6) is 5.75 Å². The SMILES string of the molecule is COc1cccc(NC(=O)[C@H](C)OC(=O)c2cc3c(s2)CCCC3)c1. The molecule has 1 aromatic heterocycles. The van der Waals surface area contributed by atoms with Gasteiger partial charge in [0.15, 0.2) is 6.10 Å². The third-order valence-corrected chi connectivity index (χ3v) is 5.41. The average Bonchev–Trinajstić information content (AvgIpc) is 3.06. The molecule has 0 unspecified atom stereocenters. The number of carbonyl (C=O) groups is 2. The van der Waals surface area contributed by atoms with Gasteiger partial charge in [-0.25, -0.2) is 4.79 Å². The number of benzene rings is 1. The average molecular weight is 359 g/mol. The molecule has 25 heavy (non-hydrogen) atoms. The van der Waals surface area contributed by atoms with Crippen LogP contribution in [0.3, 0.4) is 0 Å². The summed E-state index contributed by atoms with van der Waals surface area (Å²) in [5.74, 6) is -0.165. The number of nitrogens with one attached hydrogen (secondary N) is 1. The van der Waals surface area contributed by atoms with Gasteiger partial charge in [0.2, 0.25) is 0 Å². The number of methoxy groups -OCH3 is 1. The molecule has 0 radical (unpaired) electrons. The Balaban J connectivity index is 1.60. The third-order valence-electron chi connectivity index (χ3n) is 4.19. The van der Waals surface area contributed by atoms with Crippen molar-refractivity contribution in [3.63, 3.8) is 0 Å². The Labute approximate surface area is 151 Å². The molecule has 1 aliphatic rings. The van der Waals surface area contributed by atoms with E-state index < -0.39 is 12.1 Å². The molecule has 1 N–H and O–H groups in total. The molecule has 132 valence electrons. The fourth-order valence-electron chi connectivity index (χ4n) is 2.81. The van der Waals surface area contributed by atoms with Crippen LogP contribution in [-0.2, 0) is 22.4 Å². The van der Waals surface area contributed by atoms with Crippen LogP contribution >= 0.6 is 11.3 Å². The van der Waals surface area contributed by atoms with Crippen molar-refractivity contribution in [2.75, 3.05) is 12.4 Å². The van der Waals surface area contributed by atoms with Gasteiger partial charge < -0.3 is 14.8 Å². The first kappa shape index (κ1) is 17.5. The first-order chi connectivity index (χ1) is 12.1. The van der Waals surface area contributed by atoms with E-state index in [4.69, 9.17) is 9.47 Å². The minimum absolute atomic E-state index is 0.372. The van der Waals surface area contributed by atoms with Gasteiger partial charge >= 0.3 is 5.97 Å². The van der Waals surface area contributed by atoms with Gasteiger partial charge in [-0.1, -0.05) is 6.07 Å². The van der Waals surface area contributed by atoms with Gasteiger partial charge in [0.1, 0.15) is 10.6 Å². The number of rotatable bonds is 5. The van der Waals surface area contributed by atoms with Crippen LogP contribution in [0, 0.1) is 0 Å². The van der Waals surface area contributed by atoms with E-state index in [1.165, 1.54) is 28.2 Å². The van der Waals surface area contributed by atoms with Gasteiger partial charge in [-0.05, 0) is 56.4 Å². The standard InChI is InChI=1S/C19H21NO4S/c1-12(18(21)20-14-7-5-8-15(11-14)23-2)24-19(22)17-10-13-6-3-4-9-16(13)25-17/h5,7-8,10-12H,3-4,6,9H2,1-2H3,(H,20,21)/t12-/m0/s1. The number of carbonyl (C=O) groups excluding carboxylic acids is 2. The lowest BCUT2D eigenvalue weighted by atomic mass is 9.99. The van der Waals surface area contributed by atoms with Gasteiger partial charge in [-0.2, -0.15) is 0 Å². The van der Waals surface area contributed by atoms with E-state index in [1.807, 2.05) is 6.07 Å². The molecule has 2 aromatic rings. The van der Waals surface area contributed by atoms with Crippen molar-refractivity contribution in [1.82, 2.24) is 0 Å². The number of esters is 1. The smallest absolute Gasteiger partial charge is 0.349 e. The maximum absolute atomic E-state index is 12.3. The van der Waals surface area contributed by atoms with E-state index in [-0.39, 0.29) is 5.91 Å². The fraction of sp³-hybridized carbons (Fsp3) is 0.368. The molecule has 0 bridgehead atoms. The summed E-state index contributed by atoms with van der Waals surface area (Å²) in [7, 11) is 1.56. The topological polar surface area (TPSA) is 64.6 Å². The lowest BCUT2D eigenvalue weighted by Gasteiger charge is -2.13. The van der Waals surface area contributed by atoms with Gasteiger partial charge in [-0.3, -0.25) is 4.79 Å². The summed E-state index contributed by atoms with van der Waals surface area (Å²) < 4.78 is 10.5. The zero-order valence-electron chi connectivity index (χ0n) is 14.3. The minimum Gasteiger partial charge on any atom is -0.497 e. The number of ether oxygens (including phenoxy) is 2. The number of hydrogen-bond donors (Lipinski definition) is 1. The summed E-state index contributed by atoms with van der Waals surface area (Å²) in [6, 6.07) is 8.94. The van der Waals surface area contributed by atoms with Gasteiger partial charge in [0.05, 0.1) is 7.11 Å². The summed E-state index contributed by atoms with van der Waals surface area (Å²) in [4.78, 5) is 26.4. The quantitative estimate of drug-likeness (QED) is 0.824. The molecule has 0 saturated carbocycles. The molecule has 1 heterocycles. The molecular formula is C19H21NO4S. The van der Waals surface area contributed by atoms with Crippen LogP contribution in [-0.4, -0.2) is 25.1 Å². The third kappa shape index (κ3) is 4.20. The second kappa shape index (κ2) is 7.70. The summed E-state index contributed by atoms with van der Waals surface area (Å²) in [6.07, 6.45) is 3.50. The molecule has 5 nitrogen and oxygen atoms in total. The van der Waals surface area contributed by atoms with Crippen molar-refractivity contribution in [1.29, 1.82) is 0 Å². The Hall–Kier alpha value is -2.34. The monoisotopic (exact) mass is 359 g/mol. The highest BCUT2D eigenvalue weighted by Gasteiger charge is 2.22. The van der Waals surface area contributed by atoms with Crippen molar-refractivity contribution in [3.8, 4) is 5.75 Å². The zero-order chi connectivity index (χ0) is 17.8. The molecule has 0 saturated heterocycles. The second-order valence-electron chi connectivity index (χ2n) is 6.03. The Bertz CT molecular complexity index is 760. The minimum atomic E-state index is -0.877.